The molecule has 0 aliphatic rings. The van der Waals surface area contributed by atoms with Gasteiger partial charge in [0, 0.05) is 99.6 Å². The maximum atomic E-state index is 10.4. The van der Waals surface area contributed by atoms with Crippen molar-refractivity contribution >= 4 is 26.9 Å². The van der Waals surface area contributed by atoms with Crippen LogP contribution in [0.4, 0.5) is 0 Å². The molecule has 176 valence electrons. The monoisotopic (exact) mass is 622 g/mol. The van der Waals surface area contributed by atoms with Crippen LogP contribution in [-0.4, -0.2) is 45.3 Å². The smallest absolute Gasteiger partial charge is 0.216 e. The number of carboxylic acid groups (broad SMARTS) is 1. The molecular formula is C17H34O9P2Y2-4. The van der Waals surface area contributed by atoms with E-state index >= 15 is 0 Å². The van der Waals surface area contributed by atoms with Gasteiger partial charge in [0.05, 0.1) is 0 Å². The second-order valence-electron chi connectivity index (χ2n) is 4.02. The third-order valence-electron chi connectivity index (χ3n) is 1.91. The number of carbonyl (C=O) groups excluding carboxylic acids is 1. The predicted octanol–water partition coefficient (Wildman–Crippen LogP) is 4.98. The van der Waals surface area contributed by atoms with Gasteiger partial charge in [0.25, 0.3) is 0 Å². The first-order valence-electron chi connectivity index (χ1n) is 7.41. The molecule has 1 N–H and O–H groups in total. The zero-order valence-corrected chi connectivity index (χ0v) is 26.5. The Morgan fingerprint density at radius 1 is 0.767 bits per heavy atom. The van der Waals surface area contributed by atoms with Gasteiger partial charge in [0.1, 0.15) is 0 Å². The summed E-state index contributed by atoms with van der Waals surface area (Å²) < 4.78 is 38.0. The SMILES string of the molecule is C=C([CH2-])C(=O)O.C=C([CH2-])C(C)=O.CC.[CH2-]P(=O)(OC)OC.[CH2-]P(=O)(OC)OC.[Y].[Y]. The molecular weight excluding hydrogens is 588 g/mol. The number of carboxylic acids is 1. The number of rotatable bonds is 6. The Morgan fingerprint density at radius 2 is 0.900 bits per heavy atom. The number of hydrogen-bond acceptors (Lipinski definition) is 8. The van der Waals surface area contributed by atoms with Crippen LogP contribution in [0.25, 0.3) is 0 Å². The van der Waals surface area contributed by atoms with Crippen molar-refractivity contribution in [3.05, 3.63) is 51.5 Å². The molecule has 30 heavy (non-hydrogen) atoms. The Morgan fingerprint density at radius 3 is 0.900 bits per heavy atom. The minimum absolute atomic E-state index is 0. The van der Waals surface area contributed by atoms with E-state index in [1.54, 1.807) is 0 Å². The van der Waals surface area contributed by atoms with Gasteiger partial charge < -0.3 is 32.8 Å². The second kappa shape index (κ2) is 29.9. The van der Waals surface area contributed by atoms with Gasteiger partial charge >= 0.3 is 0 Å². The minimum atomic E-state index is -2.90. The summed E-state index contributed by atoms with van der Waals surface area (Å²) in [4.78, 5) is 19.5. The van der Waals surface area contributed by atoms with Crippen LogP contribution in [0.3, 0.4) is 0 Å². The number of ketones is 1. The summed E-state index contributed by atoms with van der Waals surface area (Å²) in [5, 5.41) is 7.83. The molecule has 0 fully saturated rings. The van der Waals surface area contributed by atoms with Crippen LogP contribution >= 0.6 is 15.2 Å². The van der Waals surface area contributed by atoms with Crippen LogP contribution in [-0.2, 0) is 102 Å². The van der Waals surface area contributed by atoms with E-state index in [-0.39, 0.29) is 76.8 Å². The van der Waals surface area contributed by atoms with E-state index in [2.05, 4.69) is 58.4 Å². The van der Waals surface area contributed by atoms with Crippen molar-refractivity contribution in [2.24, 2.45) is 0 Å². The van der Waals surface area contributed by atoms with E-state index in [9.17, 15) is 18.7 Å². The molecule has 0 heterocycles. The van der Waals surface area contributed by atoms with Gasteiger partial charge in [-0.25, -0.2) is 13.3 Å². The van der Waals surface area contributed by atoms with Gasteiger partial charge in [-0.2, -0.15) is 32.6 Å². The molecule has 0 saturated carbocycles. The Labute approximate surface area is 232 Å². The molecule has 0 aromatic carbocycles. The molecule has 0 aromatic heterocycles. The largest absolute Gasteiger partial charge is 0.535 e. The number of carbonyl (C=O) groups is 2. The molecule has 0 spiro atoms. The van der Waals surface area contributed by atoms with E-state index in [0.717, 1.165) is 0 Å². The zero-order valence-electron chi connectivity index (χ0n) is 19.0. The molecule has 0 saturated heterocycles. The fourth-order valence-electron chi connectivity index (χ4n) is 0.149. The van der Waals surface area contributed by atoms with Crippen LogP contribution in [0.15, 0.2) is 24.3 Å². The summed E-state index contributed by atoms with van der Waals surface area (Å²) in [6, 6.07) is 0. The van der Waals surface area contributed by atoms with E-state index in [1.165, 1.54) is 35.4 Å². The van der Waals surface area contributed by atoms with Crippen molar-refractivity contribution in [1.29, 1.82) is 0 Å². The first-order chi connectivity index (χ1) is 12.5. The second-order valence-corrected chi connectivity index (χ2v) is 7.92. The Bertz CT molecular complexity index is 465. The Hall–Kier alpha value is 0.868. The van der Waals surface area contributed by atoms with Crippen LogP contribution in [0, 0.1) is 27.2 Å². The number of hydrogen-bond donors (Lipinski definition) is 1. The average Bonchev–Trinajstić information content (AvgIpc) is 2.64. The Balaban J connectivity index is -0.0000000448. The fourth-order valence-corrected chi connectivity index (χ4v) is 0.447. The molecule has 0 rings (SSSR count). The maximum absolute atomic E-state index is 10.4. The molecule has 0 aromatic rings. The van der Waals surface area contributed by atoms with Gasteiger partial charge in [-0.3, -0.25) is 9.13 Å². The third kappa shape index (κ3) is 51.5. The van der Waals surface area contributed by atoms with E-state index in [4.69, 9.17) is 5.11 Å². The average molecular weight is 622 g/mol. The molecule has 0 amide bonds. The van der Waals surface area contributed by atoms with Crippen LogP contribution in [0.1, 0.15) is 20.8 Å². The molecule has 0 atom stereocenters. The standard InChI is InChI=1S/C5H7O.C4H5O2.2C3H8O3P.C2H6.2Y/c1-4(2)5(3)6;1-3(2)4(5)6;2*1-5-7(3,4)6-2;1-2;;/h1-2H2,3H3;1-2H2,(H,5,6);2*3H2,1-2H3;1-2H3;;/q4*-1;;;. The van der Waals surface area contributed by atoms with Crippen molar-refractivity contribution in [2.45, 2.75) is 20.8 Å². The van der Waals surface area contributed by atoms with Crippen LogP contribution < -0.4 is 0 Å². The molecule has 2 radical (unpaired) electrons. The van der Waals surface area contributed by atoms with Crippen LogP contribution in [0.5, 0.6) is 0 Å². The van der Waals surface area contributed by atoms with Gasteiger partial charge in [0.15, 0.2) is 15.2 Å². The third-order valence-corrected chi connectivity index (χ3v) is 4.14. The molecule has 13 heteroatoms. The number of aliphatic carboxylic acids is 1. The van der Waals surface area contributed by atoms with E-state index < -0.39 is 21.2 Å². The quantitative estimate of drug-likeness (QED) is 0.248. The van der Waals surface area contributed by atoms with E-state index in [1.807, 2.05) is 13.8 Å². The summed E-state index contributed by atoms with van der Waals surface area (Å²) in [6.07, 6.45) is 0. The fraction of sp³-hybridized carbons (Fsp3) is 0.412. The van der Waals surface area contributed by atoms with Crippen molar-refractivity contribution < 1.29 is 107 Å². The molecule has 9 nitrogen and oxygen atoms in total. The van der Waals surface area contributed by atoms with Crippen LogP contribution in [0.2, 0.25) is 0 Å². The minimum Gasteiger partial charge on any atom is -0.535 e. The van der Waals surface area contributed by atoms with Crippen molar-refractivity contribution in [3.63, 3.8) is 0 Å². The first-order valence-corrected chi connectivity index (χ1v) is 10.9. The normalized spacial score (nSPS) is 8.70. The first kappa shape index (κ1) is 48.3. The molecule has 0 aliphatic carbocycles. The summed E-state index contributed by atoms with van der Waals surface area (Å²) in [5.74, 6) is -1.09. The summed E-state index contributed by atoms with van der Waals surface area (Å²) in [7, 11) is -0.653. The number of allylic oxidation sites excluding steroid dienone is 1. The van der Waals surface area contributed by atoms with Gasteiger partial charge in [-0.15, -0.1) is 5.57 Å². The summed E-state index contributed by atoms with van der Waals surface area (Å²) in [5.41, 5.74) is 0.296. The van der Waals surface area contributed by atoms with Crippen molar-refractivity contribution in [2.75, 3.05) is 28.4 Å². The molecule has 0 aliphatic heterocycles. The van der Waals surface area contributed by atoms with E-state index in [0.29, 0.717) is 5.57 Å². The summed E-state index contributed by atoms with van der Waals surface area (Å²) >= 11 is 0. The predicted molar refractivity (Wildman–Crippen MR) is 113 cm³/mol. The van der Waals surface area contributed by atoms with Crippen molar-refractivity contribution in [1.82, 2.24) is 0 Å². The molecule has 0 bridgehead atoms. The zero-order chi connectivity index (χ0) is 24.1. The van der Waals surface area contributed by atoms with Crippen molar-refractivity contribution in [3.8, 4) is 0 Å². The maximum Gasteiger partial charge on any atom is 0.216 e. The van der Waals surface area contributed by atoms with Gasteiger partial charge in [0.2, 0.25) is 5.97 Å². The Kier molecular flexibility index (Phi) is 48.1. The van der Waals surface area contributed by atoms with Gasteiger partial charge in [-0.1, -0.05) is 13.8 Å². The number of Topliss-reactive ketones (excluding diaryl/α,β-unsaturated/α-hetero) is 1. The van der Waals surface area contributed by atoms with Gasteiger partial charge in [-0.05, 0) is 6.92 Å². The molecule has 0 unspecified atom stereocenters. The topological polar surface area (TPSA) is 125 Å². The summed E-state index contributed by atoms with van der Waals surface area (Å²) in [6.45, 7) is 24.4.